The fourth-order valence-electron chi connectivity index (χ4n) is 3.09. The summed E-state index contributed by atoms with van der Waals surface area (Å²) in [5.74, 6) is 0.366. The van der Waals surface area contributed by atoms with Crippen molar-refractivity contribution >= 4 is 21.5 Å². The van der Waals surface area contributed by atoms with Crippen molar-refractivity contribution in [1.29, 1.82) is 0 Å². The third-order valence-electron chi connectivity index (χ3n) is 4.14. The van der Waals surface area contributed by atoms with E-state index in [9.17, 15) is 15.3 Å². The number of aromatic hydroxyl groups is 3. The van der Waals surface area contributed by atoms with Crippen LogP contribution in [-0.4, -0.2) is 15.3 Å². The van der Waals surface area contributed by atoms with Gasteiger partial charge in [0.1, 0.15) is 17.2 Å². The van der Waals surface area contributed by atoms with Gasteiger partial charge in [0.15, 0.2) is 0 Å². The maximum absolute atomic E-state index is 10.4. The molecule has 3 heteroatoms. The monoisotopic (exact) mass is 302 g/mol. The highest BCUT2D eigenvalue weighted by molar-refractivity contribution is 6.09. The number of benzene rings is 4. The lowest BCUT2D eigenvalue weighted by molar-refractivity contribution is 0.470. The molecule has 3 nitrogen and oxygen atoms in total. The quantitative estimate of drug-likeness (QED) is 0.474. The summed E-state index contributed by atoms with van der Waals surface area (Å²) < 4.78 is 0. The zero-order valence-corrected chi connectivity index (χ0v) is 12.2. The topological polar surface area (TPSA) is 60.7 Å². The number of fused-ring (bicyclic) bond motifs is 2. The summed E-state index contributed by atoms with van der Waals surface area (Å²) in [6, 6.07) is 19.5. The van der Waals surface area contributed by atoms with Crippen LogP contribution < -0.4 is 0 Å². The Labute approximate surface area is 132 Å². The Morgan fingerprint density at radius 1 is 0.522 bits per heavy atom. The van der Waals surface area contributed by atoms with Crippen molar-refractivity contribution in [3.63, 3.8) is 0 Å². The van der Waals surface area contributed by atoms with Gasteiger partial charge < -0.3 is 15.3 Å². The number of phenolic OH excluding ortho intramolecular Hbond substituents is 3. The maximum Gasteiger partial charge on any atom is 0.124 e. The van der Waals surface area contributed by atoms with Crippen LogP contribution in [0.15, 0.2) is 66.7 Å². The molecule has 0 radical (unpaired) electrons. The molecule has 0 saturated heterocycles. The largest absolute Gasteiger partial charge is 0.508 e. The first-order valence-electron chi connectivity index (χ1n) is 7.31. The van der Waals surface area contributed by atoms with Crippen molar-refractivity contribution in [3.8, 4) is 28.4 Å². The van der Waals surface area contributed by atoms with E-state index < -0.39 is 0 Å². The van der Waals surface area contributed by atoms with Crippen LogP contribution in [0.5, 0.6) is 17.2 Å². The molecular formula is C20H14O3. The highest BCUT2D eigenvalue weighted by Crippen LogP contribution is 2.44. The Morgan fingerprint density at radius 3 is 1.87 bits per heavy atom. The molecule has 0 bridgehead atoms. The number of hydrogen-bond donors (Lipinski definition) is 3. The lowest BCUT2D eigenvalue weighted by atomic mass is 9.92. The van der Waals surface area contributed by atoms with Gasteiger partial charge in [0.05, 0.1) is 0 Å². The van der Waals surface area contributed by atoms with Crippen LogP contribution in [0.3, 0.4) is 0 Å². The predicted octanol–water partition coefficient (Wildman–Crippen LogP) is 4.78. The average molecular weight is 302 g/mol. The first kappa shape index (κ1) is 13.5. The van der Waals surface area contributed by atoms with E-state index in [1.807, 2.05) is 30.3 Å². The van der Waals surface area contributed by atoms with Gasteiger partial charge in [-0.1, -0.05) is 36.4 Å². The second-order valence-corrected chi connectivity index (χ2v) is 5.55. The van der Waals surface area contributed by atoms with E-state index in [2.05, 4.69) is 0 Å². The number of phenols is 3. The molecule has 4 aromatic rings. The molecule has 0 aliphatic rings. The van der Waals surface area contributed by atoms with Gasteiger partial charge in [-0.2, -0.15) is 0 Å². The van der Waals surface area contributed by atoms with Crippen molar-refractivity contribution in [2.24, 2.45) is 0 Å². The van der Waals surface area contributed by atoms with Crippen molar-refractivity contribution in [2.45, 2.75) is 0 Å². The van der Waals surface area contributed by atoms with Gasteiger partial charge in [-0.15, -0.1) is 0 Å². The second-order valence-electron chi connectivity index (χ2n) is 5.55. The van der Waals surface area contributed by atoms with Crippen molar-refractivity contribution < 1.29 is 15.3 Å². The van der Waals surface area contributed by atoms with Crippen LogP contribution in [0.2, 0.25) is 0 Å². The van der Waals surface area contributed by atoms with Gasteiger partial charge in [-0.05, 0) is 51.9 Å². The smallest absolute Gasteiger partial charge is 0.124 e. The first-order chi connectivity index (χ1) is 11.1. The molecule has 0 amide bonds. The van der Waals surface area contributed by atoms with Crippen LogP contribution in [-0.2, 0) is 0 Å². The fraction of sp³-hybridized carbons (Fsp3) is 0. The van der Waals surface area contributed by atoms with E-state index in [0.29, 0.717) is 11.1 Å². The van der Waals surface area contributed by atoms with E-state index in [1.165, 1.54) is 0 Å². The summed E-state index contributed by atoms with van der Waals surface area (Å²) in [5, 5.41) is 34.0. The minimum Gasteiger partial charge on any atom is -0.508 e. The van der Waals surface area contributed by atoms with E-state index in [4.69, 9.17) is 0 Å². The Kier molecular flexibility index (Phi) is 2.88. The lowest BCUT2D eigenvalue weighted by Gasteiger charge is -2.14. The third-order valence-corrected chi connectivity index (χ3v) is 4.14. The van der Waals surface area contributed by atoms with Gasteiger partial charge in [0, 0.05) is 11.1 Å². The standard InChI is InChI=1S/C20H14O3/c21-14-7-8-16-13(11-14)6-10-18(23)20(16)19-15-4-2-1-3-12(15)5-9-17(19)22/h1-11,21-23H. The van der Waals surface area contributed by atoms with Crippen molar-refractivity contribution in [3.05, 3.63) is 66.7 Å². The average Bonchev–Trinajstić information content (AvgIpc) is 2.56. The molecule has 4 rings (SSSR count). The van der Waals surface area contributed by atoms with Crippen LogP contribution in [0.1, 0.15) is 0 Å². The number of hydrogen-bond acceptors (Lipinski definition) is 3. The highest BCUT2D eigenvalue weighted by atomic mass is 16.3. The third kappa shape index (κ3) is 2.06. The lowest BCUT2D eigenvalue weighted by Crippen LogP contribution is -1.86. The minimum atomic E-state index is 0.0924. The van der Waals surface area contributed by atoms with Crippen molar-refractivity contribution in [2.75, 3.05) is 0 Å². The van der Waals surface area contributed by atoms with Crippen molar-refractivity contribution in [1.82, 2.24) is 0 Å². The number of rotatable bonds is 1. The summed E-state index contributed by atoms with van der Waals surface area (Å²) in [6.07, 6.45) is 0. The molecule has 0 aliphatic heterocycles. The van der Waals surface area contributed by atoms with Gasteiger partial charge in [-0.3, -0.25) is 0 Å². The second kappa shape index (κ2) is 4.92. The zero-order chi connectivity index (χ0) is 16.0. The molecule has 0 spiro atoms. The minimum absolute atomic E-state index is 0.0924. The molecule has 3 N–H and O–H groups in total. The molecule has 23 heavy (non-hydrogen) atoms. The summed E-state index contributed by atoms with van der Waals surface area (Å²) >= 11 is 0. The molecule has 0 atom stereocenters. The summed E-state index contributed by atoms with van der Waals surface area (Å²) in [6.45, 7) is 0. The van der Waals surface area contributed by atoms with E-state index in [0.717, 1.165) is 21.5 Å². The molecule has 0 heterocycles. The molecule has 0 aliphatic carbocycles. The first-order valence-corrected chi connectivity index (χ1v) is 7.31. The molecule has 0 saturated carbocycles. The van der Waals surface area contributed by atoms with E-state index >= 15 is 0 Å². The van der Waals surface area contributed by atoms with E-state index in [1.54, 1.807) is 36.4 Å². The predicted molar refractivity (Wildman–Crippen MR) is 91.9 cm³/mol. The SMILES string of the molecule is Oc1ccc2c(-c3c(O)ccc4ccccc34)c(O)ccc2c1. The van der Waals surface area contributed by atoms with Crippen LogP contribution in [0, 0.1) is 0 Å². The highest BCUT2D eigenvalue weighted by Gasteiger charge is 2.16. The molecule has 4 aromatic carbocycles. The summed E-state index contributed by atoms with van der Waals surface area (Å²) in [4.78, 5) is 0. The molecule has 0 fully saturated rings. The zero-order valence-electron chi connectivity index (χ0n) is 12.2. The fourth-order valence-corrected chi connectivity index (χ4v) is 3.09. The van der Waals surface area contributed by atoms with Crippen LogP contribution in [0.4, 0.5) is 0 Å². The summed E-state index contributed by atoms with van der Waals surface area (Å²) in [5.41, 5.74) is 1.16. The summed E-state index contributed by atoms with van der Waals surface area (Å²) in [7, 11) is 0. The molecule has 112 valence electrons. The van der Waals surface area contributed by atoms with Crippen LogP contribution in [0.25, 0.3) is 32.7 Å². The van der Waals surface area contributed by atoms with Gasteiger partial charge in [-0.25, -0.2) is 0 Å². The van der Waals surface area contributed by atoms with Gasteiger partial charge in [0.2, 0.25) is 0 Å². The van der Waals surface area contributed by atoms with Crippen LogP contribution >= 0.6 is 0 Å². The Bertz CT molecular complexity index is 1050. The molecule has 0 aromatic heterocycles. The Morgan fingerprint density at radius 2 is 1.13 bits per heavy atom. The van der Waals surface area contributed by atoms with E-state index in [-0.39, 0.29) is 17.2 Å². The normalized spacial score (nSPS) is 11.1. The Hall–Kier alpha value is -3.20. The van der Waals surface area contributed by atoms with Gasteiger partial charge >= 0.3 is 0 Å². The molecular weight excluding hydrogens is 288 g/mol. The van der Waals surface area contributed by atoms with Gasteiger partial charge in [0.25, 0.3) is 0 Å². The maximum atomic E-state index is 10.4. The Balaban J connectivity index is 2.19. The molecule has 0 unspecified atom stereocenters.